The summed E-state index contributed by atoms with van der Waals surface area (Å²) >= 11 is 11.8. The van der Waals surface area contributed by atoms with Crippen LogP contribution in [-0.4, -0.2) is 15.9 Å². The molecule has 0 bridgehead atoms. The third kappa shape index (κ3) is 4.10. The van der Waals surface area contributed by atoms with E-state index in [0.717, 1.165) is 25.7 Å². The molecule has 0 atom stereocenters. The molecule has 1 aromatic heterocycles. The van der Waals surface area contributed by atoms with E-state index in [1.165, 1.54) is 6.33 Å². The Bertz CT molecular complexity index is 386. The van der Waals surface area contributed by atoms with Gasteiger partial charge >= 0.3 is 0 Å². The molecule has 1 amide bonds. The number of rotatable bonds is 6. The molecule has 0 aliphatic rings. The van der Waals surface area contributed by atoms with Crippen molar-refractivity contribution >= 4 is 34.8 Å². The second-order valence-electron chi connectivity index (χ2n) is 4.09. The van der Waals surface area contributed by atoms with Crippen molar-refractivity contribution in [2.75, 3.05) is 5.32 Å². The van der Waals surface area contributed by atoms with Crippen LogP contribution < -0.4 is 5.32 Å². The van der Waals surface area contributed by atoms with Crippen LogP contribution >= 0.6 is 23.2 Å². The SMILES string of the molecule is CCCC(CCC)C(=O)Nc1c(Cl)ncnc1Cl. The number of carbonyl (C=O) groups excluding carboxylic acids is 1. The molecule has 0 fully saturated rings. The minimum absolute atomic E-state index is 0.0210. The van der Waals surface area contributed by atoms with Gasteiger partial charge in [0.25, 0.3) is 0 Å². The first-order valence-corrected chi connectivity index (χ1v) is 6.82. The molecule has 6 heteroatoms. The number of nitrogens with zero attached hydrogens (tertiary/aromatic N) is 2. The van der Waals surface area contributed by atoms with Crippen LogP contribution in [-0.2, 0) is 4.79 Å². The summed E-state index contributed by atoms with van der Waals surface area (Å²) in [5.41, 5.74) is 0.294. The number of amides is 1. The number of anilines is 1. The molecule has 4 nitrogen and oxygen atoms in total. The summed E-state index contributed by atoms with van der Waals surface area (Å²) < 4.78 is 0. The lowest BCUT2D eigenvalue weighted by molar-refractivity contribution is -0.120. The normalized spacial score (nSPS) is 10.7. The van der Waals surface area contributed by atoms with Gasteiger partial charge in [-0.2, -0.15) is 0 Å². The molecular weight excluding hydrogens is 273 g/mol. The Labute approximate surface area is 117 Å². The Morgan fingerprint density at radius 3 is 2.17 bits per heavy atom. The molecule has 0 saturated carbocycles. The average molecular weight is 290 g/mol. The zero-order valence-electron chi connectivity index (χ0n) is 10.5. The average Bonchev–Trinajstić information content (AvgIpc) is 2.33. The first kappa shape index (κ1) is 15.2. The molecule has 0 spiro atoms. The van der Waals surface area contributed by atoms with Crippen molar-refractivity contribution in [1.29, 1.82) is 0 Å². The van der Waals surface area contributed by atoms with Gasteiger partial charge in [0, 0.05) is 5.92 Å². The maximum absolute atomic E-state index is 12.1. The van der Waals surface area contributed by atoms with Gasteiger partial charge in [-0.05, 0) is 12.8 Å². The highest BCUT2D eigenvalue weighted by molar-refractivity contribution is 6.38. The number of hydrogen-bond acceptors (Lipinski definition) is 3. The standard InChI is InChI=1S/C12H17Cl2N3O/c1-3-5-8(6-4-2)12(18)17-9-10(13)15-7-16-11(9)14/h7-8H,3-6H2,1-2H3,(H,17,18). The van der Waals surface area contributed by atoms with Crippen molar-refractivity contribution in [2.24, 2.45) is 5.92 Å². The van der Waals surface area contributed by atoms with Gasteiger partial charge in [0.2, 0.25) is 5.91 Å². The minimum Gasteiger partial charge on any atom is -0.321 e. The van der Waals surface area contributed by atoms with E-state index in [-0.39, 0.29) is 22.1 Å². The van der Waals surface area contributed by atoms with Crippen molar-refractivity contribution in [3.63, 3.8) is 0 Å². The van der Waals surface area contributed by atoms with Crippen LogP contribution in [0.3, 0.4) is 0 Å². The molecule has 100 valence electrons. The van der Waals surface area contributed by atoms with Crippen LogP contribution in [0.15, 0.2) is 6.33 Å². The van der Waals surface area contributed by atoms with E-state index < -0.39 is 0 Å². The number of nitrogens with one attached hydrogen (secondary N) is 1. The monoisotopic (exact) mass is 289 g/mol. The largest absolute Gasteiger partial charge is 0.321 e. The lowest BCUT2D eigenvalue weighted by Crippen LogP contribution is -2.23. The lowest BCUT2D eigenvalue weighted by Gasteiger charge is -2.15. The molecule has 0 aromatic carbocycles. The molecule has 1 N–H and O–H groups in total. The maximum atomic E-state index is 12.1. The topological polar surface area (TPSA) is 54.9 Å². The predicted octanol–water partition coefficient (Wildman–Crippen LogP) is 3.94. The van der Waals surface area contributed by atoms with Gasteiger partial charge in [0.1, 0.15) is 12.0 Å². The fraction of sp³-hybridized carbons (Fsp3) is 0.583. The van der Waals surface area contributed by atoms with E-state index >= 15 is 0 Å². The molecular formula is C12H17Cl2N3O. The van der Waals surface area contributed by atoms with Gasteiger partial charge in [0.15, 0.2) is 10.3 Å². The van der Waals surface area contributed by atoms with Crippen molar-refractivity contribution in [1.82, 2.24) is 9.97 Å². The third-order valence-electron chi connectivity index (χ3n) is 2.65. The summed E-state index contributed by atoms with van der Waals surface area (Å²) in [5.74, 6) is -0.0929. The Morgan fingerprint density at radius 1 is 1.22 bits per heavy atom. The van der Waals surface area contributed by atoms with E-state index in [4.69, 9.17) is 23.2 Å². The van der Waals surface area contributed by atoms with E-state index in [9.17, 15) is 4.79 Å². The van der Waals surface area contributed by atoms with Gasteiger partial charge in [0.05, 0.1) is 0 Å². The maximum Gasteiger partial charge on any atom is 0.227 e. The summed E-state index contributed by atoms with van der Waals surface area (Å²) in [7, 11) is 0. The number of hydrogen-bond donors (Lipinski definition) is 1. The Morgan fingerprint density at radius 2 is 1.72 bits per heavy atom. The zero-order valence-corrected chi connectivity index (χ0v) is 12.1. The second-order valence-corrected chi connectivity index (χ2v) is 4.81. The fourth-order valence-electron chi connectivity index (χ4n) is 1.78. The van der Waals surface area contributed by atoms with Crippen molar-refractivity contribution in [3.05, 3.63) is 16.6 Å². The molecule has 0 unspecified atom stereocenters. The van der Waals surface area contributed by atoms with Crippen LogP contribution in [0.25, 0.3) is 0 Å². The first-order chi connectivity index (χ1) is 8.60. The zero-order chi connectivity index (χ0) is 13.5. The Kier molecular flexibility index (Phi) is 6.36. The van der Waals surface area contributed by atoms with Crippen molar-refractivity contribution in [3.8, 4) is 0 Å². The van der Waals surface area contributed by atoms with E-state index in [1.54, 1.807) is 0 Å². The fourth-order valence-corrected chi connectivity index (χ4v) is 2.19. The Hall–Kier alpha value is -0.870. The van der Waals surface area contributed by atoms with Crippen LogP contribution in [0.5, 0.6) is 0 Å². The number of aromatic nitrogens is 2. The molecule has 18 heavy (non-hydrogen) atoms. The van der Waals surface area contributed by atoms with Crippen LogP contribution in [0, 0.1) is 5.92 Å². The molecule has 0 aliphatic heterocycles. The minimum atomic E-state index is -0.0719. The summed E-state index contributed by atoms with van der Waals surface area (Å²) in [4.78, 5) is 19.7. The van der Waals surface area contributed by atoms with Gasteiger partial charge in [-0.25, -0.2) is 9.97 Å². The van der Waals surface area contributed by atoms with Gasteiger partial charge < -0.3 is 5.32 Å². The van der Waals surface area contributed by atoms with E-state index in [0.29, 0.717) is 5.69 Å². The first-order valence-electron chi connectivity index (χ1n) is 6.07. The summed E-state index contributed by atoms with van der Waals surface area (Å²) in [6.07, 6.45) is 4.89. The van der Waals surface area contributed by atoms with Crippen molar-refractivity contribution < 1.29 is 4.79 Å². The summed E-state index contributed by atoms with van der Waals surface area (Å²) in [5, 5.41) is 3.04. The lowest BCUT2D eigenvalue weighted by atomic mass is 9.97. The number of carbonyl (C=O) groups is 1. The van der Waals surface area contributed by atoms with Crippen LogP contribution in [0.1, 0.15) is 39.5 Å². The summed E-state index contributed by atoms with van der Waals surface area (Å²) in [6, 6.07) is 0. The molecule has 1 rings (SSSR count). The smallest absolute Gasteiger partial charge is 0.227 e. The van der Waals surface area contributed by atoms with Crippen LogP contribution in [0.4, 0.5) is 5.69 Å². The highest BCUT2D eigenvalue weighted by Gasteiger charge is 2.19. The summed E-state index contributed by atoms with van der Waals surface area (Å²) in [6.45, 7) is 4.11. The van der Waals surface area contributed by atoms with Gasteiger partial charge in [-0.1, -0.05) is 49.9 Å². The van der Waals surface area contributed by atoms with E-state index in [2.05, 4.69) is 29.1 Å². The quantitative estimate of drug-likeness (QED) is 0.807. The van der Waals surface area contributed by atoms with Gasteiger partial charge in [-0.15, -0.1) is 0 Å². The van der Waals surface area contributed by atoms with Gasteiger partial charge in [-0.3, -0.25) is 4.79 Å². The predicted molar refractivity (Wildman–Crippen MR) is 74.0 cm³/mol. The second kappa shape index (κ2) is 7.54. The number of halogens is 2. The van der Waals surface area contributed by atoms with Crippen molar-refractivity contribution in [2.45, 2.75) is 39.5 Å². The van der Waals surface area contributed by atoms with E-state index in [1.807, 2.05) is 0 Å². The molecule has 0 radical (unpaired) electrons. The molecule has 1 aromatic rings. The van der Waals surface area contributed by atoms with Crippen LogP contribution in [0.2, 0.25) is 10.3 Å². The highest BCUT2D eigenvalue weighted by atomic mass is 35.5. The highest BCUT2D eigenvalue weighted by Crippen LogP contribution is 2.27. The third-order valence-corrected chi connectivity index (χ3v) is 3.22. The molecule has 0 aliphatic carbocycles. The Balaban J connectivity index is 2.79. The molecule has 0 saturated heterocycles. The molecule has 1 heterocycles.